The maximum absolute atomic E-state index is 12.0. The normalized spacial score (nSPS) is 19.7. The van der Waals surface area contributed by atoms with Gasteiger partial charge in [0, 0.05) is 13.1 Å². The Hall–Kier alpha value is -1.10. The van der Waals surface area contributed by atoms with Gasteiger partial charge in [0.05, 0.1) is 12.5 Å². The van der Waals surface area contributed by atoms with E-state index in [0.29, 0.717) is 5.92 Å². The molecule has 0 bridgehead atoms. The number of nitrogens with two attached hydrogens (primary N) is 2. The second-order valence-corrected chi connectivity index (χ2v) is 6.24. The van der Waals surface area contributed by atoms with Crippen LogP contribution in [0.3, 0.4) is 0 Å². The van der Waals surface area contributed by atoms with Crippen LogP contribution in [-0.2, 0) is 9.59 Å². The Bertz CT molecular complexity index is 315. The van der Waals surface area contributed by atoms with Crippen LogP contribution in [0.2, 0.25) is 0 Å². The van der Waals surface area contributed by atoms with Gasteiger partial charge in [-0.3, -0.25) is 9.59 Å². The molecule has 0 radical (unpaired) electrons. The zero-order valence-corrected chi connectivity index (χ0v) is 11.6. The Morgan fingerprint density at radius 2 is 1.78 bits per heavy atom. The molecule has 0 aromatic rings. The third kappa shape index (κ3) is 3.98. The van der Waals surface area contributed by atoms with Crippen molar-refractivity contribution in [3.8, 4) is 0 Å². The summed E-state index contributed by atoms with van der Waals surface area (Å²) in [6.07, 6.45) is 1.93. The van der Waals surface area contributed by atoms with E-state index < -0.39 is 11.9 Å². The molecule has 0 spiro atoms. The quantitative estimate of drug-likeness (QED) is 0.768. The summed E-state index contributed by atoms with van der Waals surface area (Å²) in [6, 6.07) is -0.784. The average molecular weight is 255 g/mol. The maximum Gasteiger partial charge on any atom is 0.240 e. The van der Waals surface area contributed by atoms with Crippen LogP contribution in [0.25, 0.3) is 0 Å². The number of hydrogen-bond donors (Lipinski definition) is 2. The van der Waals surface area contributed by atoms with Crippen LogP contribution in [0.4, 0.5) is 0 Å². The van der Waals surface area contributed by atoms with Gasteiger partial charge in [-0.2, -0.15) is 0 Å². The van der Waals surface area contributed by atoms with Crippen LogP contribution in [0.5, 0.6) is 0 Å². The summed E-state index contributed by atoms with van der Waals surface area (Å²) in [5, 5.41) is 0. The molecule has 4 N–H and O–H groups in total. The van der Waals surface area contributed by atoms with Crippen LogP contribution in [0, 0.1) is 11.3 Å². The van der Waals surface area contributed by atoms with Crippen LogP contribution >= 0.6 is 0 Å². The van der Waals surface area contributed by atoms with E-state index in [0.717, 1.165) is 25.9 Å². The molecule has 1 saturated heterocycles. The van der Waals surface area contributed by atoms with Gasteiger partial charge in [-0.1, -0.05) is 20.8 Å². The molecule has 5 nitrogen and oxygen atoms in total. The van der Waals surface area contributed by atoms with E-state index >= 15 is 0 Å². The molecule has 0 aromatic heterocycles. The van der Waals surface area contributed by atoms with Crippen molar-refractivity contribution in [2.24, 2.45) is 22.8 Å². The second kappa shape index (κ2) is 5.69. The summed E-state index contributed by atoms with van der Waals surface area (Å²) < 4.78 is 0. The van der Waals surface area contributed by atoms with Gasteiger partial charge in [-0.15, -0.1) is 0 Å². The van der Waals surface area contributed by atoms with Crippen LogP contribution in [0.1, 0.15) is 40.0 Å². The Kier molecular flexibility index (Phi) is 4.73. The van der Waals surface area contributed by atoms with Crippen molar-refractivity contribution in [3.05, 3.63) is 0 Å². The predicted molar refractivity (Wildman–Crippen MR) is 70.5 cm³/mol. The minimum absolute atomic E-state index is 0.0714. The minimum Gasteiger partial charge on any atom is -0.370 e. The van der Waals surface area contributed by atoms with E-state index in [1.54, 1.807) is 4.90 Å². The molecular weight excluding hydrogens is 230 g/mol. The number of rotatable bonds is 3. The summed E-state index contributed by atoms with van der Waals surface area (Å²) >= 11 is 0. The molecule has 1 aliphatic heterocycles. The largest absolute Gasteiger partial charge is 0.370 e. The molecule has 1 unspecified atom stereocenters. The molecular formula is C13H25N3O2. The fourth-order valence-corrected chi connectivity index (χ4v) is 2.50. The Morgan fingerprint density at radius 1 is 1.28 bits per heavy atom. The van der Waals surface area contributed by atoms with Gasteiger partial charge in [0.25, 0.3) is 0 Å². The van der Waals surface area contributed by atoms with Gasteiger partial charge in [0.1, 0.15) is 0 Å². The Labute approximate surface area is 109 Å². The lowest BCUT2D eigenvalue weighted by Gasteiger charge is -2.39. The number of nitrogens with zero attached hydrogens (tertiary/aromatic N) is 1. The smallest absolute Gasteiger partial charge is 0.240 e. The van der Waals surface area contributed by atoms with E-state index in [9.17, 15) is 9.59 Å². The molecule has 1 rings (SSSR count). The fourth-order valence-electron chi connectivity index (χ4n) is 2.50. The lowest BCUT2D eigenvalue weighted by Crippen LogP contribution is -2.49. The van der Waals surface area contributed by atoms with Crippen molar-refractivity contribution in [2.45, 2.75) is 46.1 Å². The minimum atomic E-state index is -0.784. The number of carbonyl (C=O) groups is 2. The van der Waals surface area contributed by atoms with Gasteiger partial charge >= 0.3 is 0 Å². The fraction of sp³-hybridized carbons (Fsp3) is 0.846. The molecule has 104 valence electrons. The highest BCUT2D eigenvalue weighted by Gasteiger charge is 2.32. The van der Waals surface area contributed by atoms with E-state index in [-0.39, 0.29) is 17.7 Å². The number of likely N-dealkylation sites (tertiary alicyclic amines) is 1. The molecule has 1 aliphatic rings. The number of hydrogen-bond acceptors (Lipinski definition) is 3. The molecule has 1 heterocycles. The van der Waals surface area contributed by atoms with Crippen molar-refractivity contribution in [3.63, 3.8) is 0 Å². The highest BCUT2D eigenvalue weighted by atomic mass is 16.2. The van der Waals surface area contributed by atoms with E-state index in [4.69, 9.17) is 11.5 Å². The topological polar surface area (TPSA) is 89.4 Å². The maximum atomic E-state index is 12.0. The van der Waals surface area contributed by atoms with E-state index in [1.165, 1.54) is 0 Å². The first-order valence-corrected chi connectivity index (χ1v) is 6.54. The summed E-state index contributed by atoms with van der Waals surface area (Å²) in [6.45, 7) is 8.15. The average Bonchev–Trinajstić information content (AvgIpc) is 2.26. The summed E-state index contributed by atoms with van der Waals surface area (Å²) in [4.78, 5) is 24.5. The first-order chi connectivity index (χ1) is 8.21. The highest BCUT2D eigenvalue weighted by Crippen LogP contribution is 2.34. The van der Waals surface area contributed by atoms with Gasteiger partial charge in [0.2, 0.25) is 11.8 Å². The molecule has 2 amide bonds. The summed E-state index contributed by atoms with van der Waals surface area (Å²) in [5.74, 6) is -0.0458. The molecule has 0 saturated carbocycles. The van der Waals surface area contributed by atoms with Gasteiger partial charge in [-0.05, 0) is 24.2 Å². The summed E-state index contributed by atoms with van der Waals surface area (Å²) in [5.41, 5.74) is 11.0. The highest BCUT2D eigenvalue weighted by molar-refractivity contribution is 5.87. The molecule has 18 heavy (non-hydrogen) atoms. The van der Waals surface area contributed by atoms with Crippen molar-refractivity contribution in [1.29, 1.82) is 0 Å². The SMILES string of the molecule is CC(C)(C)C1CCN(C(=O)C(N)CC(N)=O)CC1. The molecule has 0 aliphatic carbocycles. The first-order valence-electron chi connectivity index (χ1n) is 6.54. The third-order valence-electron chi connectivity index (χ3n) is 3.77. The lowest BCUT2D eigenvalue weighted by molar-refractivity contribution is -0.136. The third-order valence-corrected chi connectivity index (χ3v) is 3.77. The van der Waals surface area contributed by atoms with Gasteiger partial charge in [-0.25, -0.2) is 0 Å². The number of piperidine rings is 1. The van der Waals surface area contributed by atoms with E-state index in [1.807, 2.05) is 0 Å². The van der Waals surface area contributed by atoms with Crippen LogP contribution < -0.4 is 11.5 Å². The number of carbonyl (C=O) groups excluding carboxylic acids is 2. The molecule has 1 atom stereocenters. The van der Waals surface area contributed by atoms with Gasteiger partial charge in [0.15, 0.2) is 0 Å². The zero-order valence-electron chi connectivity index (χ0n) is 11.6. The second-order valence-electron chi connectivity index (χ2n) is 6.24. The van der Waals surface area contributed by atoms with Crippen molar-refractivity contribution in [2.75, 3.05) is 13.1 Å². The molecule has 1 fully saturated rings. The lowest BCUT2D eigenvalue weighted by atomic mass is 9.75. The first kappa shape index (κ1) is 15.0. The Balaban J connectivity index is 2.48. The monoisotopic (exact) mass is 255 g/mol. The Morgan fingerprint density at radius 3 is 2.17 bits per heavy atom. The zero-order chi connectivity index (χ0) is 13.9. The summed E-state index contributed by atoms with van der Waals surface area (Å²) in [7, 11) is 0. The van der Waals surface area contributed by atoms with Crippen molar-refractivity contribution in [1.82, 2.24) is 4.90 Å². The van der Waals surface area contributed by atoms with Crippen molar-refractivity contribution >= 4 is 11.8 Å². The van der Waals surface area contributed by atoms with E-state index in [2.05, 4.69) is 20.8 Å². The number of amides is 2. The standard InChI is InChI=1S/C13H25N3O2/c1-13(2,3)9-4-6-16(7-5-9)12(18)10(14)8-11(15)17/h9-10H,4-8,14H2,1-3H3,(H2,15,17). The molecule has 5 heteroatoms. The molecule has 0 aromatic carbocycles. The predicted octanol–water partition coefficient (Wildman–Crippen LogP) is 0.474. The van der Waals surface area contributed by atoms with Crippen LogP contribution in [-0.4, -0.2) is 35.8 Å². The van der Waals surface area contributed by atoms with Crippen molar-refractivity contribution < 1.29 is 9.59 Å². The number of primary amides is 1. The van der Waals surface area contributed by atoms with Gasteiger partial charge < -0.3 is 16.4 Å². The van der Waals surface area contributed by atoms with Crippen LogP contribution in [0.15, 0.2) is 0 Å².